The van der Waals surface area contributed by atoms with Gasteiger partial charge in [-0.15, -0.1) is 0 Å². The molecule has 1 aromatic heterocycles. The van der Waals surface area contributed by atoms with E-state index in [0.29, 0.717) is 25.6 Å². The number of aromatic nitrogens is 2. The van der Waals surface area contributed by atoms with E-state index < -0.39 is 10.0 Å². The van der Waals surface area contributed by atoms with Gasteiger partial charge in [0.2, 0.25) is 16.0 Å². The summed E-state index contributed by atoms with van der Waals surface area (Å²) in [7, 11) is 0.270. The summed E-state index contributed by atoms with van der Waals surface area (Å²) in [4.78, 5) is 10.2. The molecule has 0 bridgehead atoms. The van der Waals surface area contributed by atoms with Crippen molar-refractivity contribution in [1.82, 2.24) is 19.2 Å². The smallest absolute Gasteiger partial charge is 0.246 e. The highest BCUT2D eigenvalue weighted by Gasteiger charge is 2.28. The zero-order valence-corrected chi connectivity index (χ0v) is 14.2. The van der Waals surface area contributed by atoms with Gasteiger partial charge in [0.05, 0.1) is 12.4 Å². The van der Waals surface area contributed by atoms with Gasteiger partial charge in [-0.1, -0.05) is 6.92 Å². The molecule has 0 aliphatic rings. The van der Waals surface area contributed by atoms with Crippen molar-refractivity contribution in [3.63, 3.8) is 0 Å². The Balaban J connectivity index is 3.01. The average Bonchev–Trinajstić information content (AvgIpc) is 2.39. The molecule has 0 amide bonds. The van der Waals surface area contributed by atoms with Crippen LogP contribution >= 0.6 is 0 Å². The number of hydrogen-bond donors (Lipinski definition) is 1. The lowest BCUT2D eigenvalue weighted by Gasteiger charge is -2.29. The quantitative estimate of drug-likeness (QED) is 0.767. The molecular weight excluding hydrogens is 290 g/mol. The van der Waals surface area contributed by atoms with Gasteiger partial charge < -0.3 is 10.2 Å². The Morgan fingerprint density at radius 2 is 1.81 bits per heavy atom. The molecule has 8 heteroatoms. The van der Waals surface area contributed by atoms with Gasteiger partial charge in [0.1, 0.15) is 4.90 Å². The Morgan fingerprint density at radius 3 is 2.24 bits per heavy atom. The number of hydrogen-bond acceptors (Lipinski definition) is 6. The lowest BCUT2D eigenvalue weighted by molar-refractivity contribution is 0.271. The second-order valence-electron chi connectivity index (χ2n) is 5.09. The molecule has 0 spiro atoms. The maximum absolute atomic E-state index is 12.7. The molecule has 0 fully saturated rings. The minimum atomic E-state index is -3.57. The number of sulfonamides is 1. The largest absolute Gasteiger partial charge is 0.355 e. The third-order valence-electron chi connectivity index (χ3n) is 3.00. The van der Waals surface area contributed by atoms with Crippen molar-refractivity contribution < 1.29 is 8.42 Å². The number of likely N-dealkylation sites (N-methyl/N-ethyl adjacent to an activating group) is 2. The van der Waals surface area contributed by atoms with Crippen molar-refractivity contribution in [2.24, 2.45) is 0 Å². The molecule has 0 aliphatic carbocycles. The fourth-order valence-electron chi connectivity index (χ4n) is 2.17. The van der Waals surface area contributed by atoms with Crippen LogP contribution in [0, 0.1) is 0 Å². The van der Waals surface area contributed by atoms with Crippen LogP contribution in [-0.2, 0) is 10.0 Å². The zero-order chi connectivity index (χ0) is 16.0. The van der Waals surface area contributed by atoms with E-state index in [1.807, 2.05) is 39.8 Å². The summed E-state index contributed by atoms with van der Waals surface area (Å²) in [5.41, 5.74) is 0. The van der Waals surface area contributed by atoms with E-state index in [4.69, 9.17) is 0 Å². The van der Waals surface area contributed by atoms with E-state index in [2.05, 4.69) is 15.3 Å². The first-order valence-corrected chi connectivity index (χ1v) is 8.49. The Hall–Kier alpha value is -1.25. The summed E-state index contributed by atoms with van der Waals surface area (Å²) < 4.78 is 26.8. The van der Waals surface area contributed by atoms with Gasteiger partial charge in [-0.05, 0) is 27.9 Å². The van der Waals surface area contributed by atoms with Gasteiger partial charge in [0, 0.05) is 25.7 Å². The topological polar surface area (TPSA) is 78.4 Å². The van der Waals surface area contributed by atoms with E-state index >= 15 is 0 Å². The molecule has 0 saturated carbocycles. The van der Waals surface area contributed by atoms with Crippen LogP contribution in [0.1, 0.15) is 20.8 Å². The normalized spacial score (nSPS) is 13.7. The second-order valence-corrected chi connectivity index (χ2v) is 6.98. The lowest BCUT2D eigenvalue weighted by atomic mass is 10.3. The van der Waals surface area contributed by atoms with E-state index in [9.17, 15) is 8.42 Å². The van der Waals surface area contributed by atoms with Crippen LogP contribution in [0.4, 0.5) is 5.95 Å². The van der Waals surface area contributed by atoms with Crippen LogP contribution in [-0.4, -0.2) is 67.4 Å². The van der Waals surface area contributed by atoms with E-state index in [0.717, 1.165) is 0 Å². The number of rotatable bonds is 8. The predicted molar refractivity (Wildman–Crippen MR) is 83.8 cm³/mol. The lowest BCUT2D eigenvalue weighted by Crippen LogP contribution is -2.43. The Bertz CT molecular complexity index is 530. The molecule has 1 unspecified atom stereocenters. The van der Waals surface area contributed by atoms with Crippen molar-refractivity contribution in [1.29, 1.82) is 0 Å². The molecule has 120 valence electrons. The number of nitrogens with one attached hydrogen (secondary N) is 1. The van der Waals surface area contributed by atoms with Gasteiger partial charge >= 0.3 is 0 Å². The molecule has 1 atom stereocenters. The first-order valence-electron chi connectivity index (χ1n) is 7.05. The zero-order valence-electron chi connectivity index (χ0n) is 13.4. The van der Waals surface area contributed by atoms with E-state index in [1.165, 1.54) is 16.7 Å². The van der Waals surface area contributed by atoms with Gasteiger partial charge in [0.15, 0.2) is 0 Å². The third-order valence-corrected chi connectivity index (χ3v) is 5.04. The Kier molecular flexibility index (Phi) is 6.50. The van der Waals surface area contributed by atoms with Crippen LogP contribution in [0.3, 0.4) is 0 Å². The van der Waals surface area contributed by atoms with Crippen molar-refractivity contribution in [2.75, 3.05) is 39.0 Å². The Morgan fingerprint density at radius 1 is 1.24 bits per heavy atom. The highest BCUT2D eigenvalue weighted by Crippen LogP contribution is 2.17. The molecule has 1 heterocycles. The van der Waals surface area contributed by atoms with Crippen LogP contribution in [0.5, 0.6) is 0 Å². The molecule has 1 N–H and O–H groups in total. The monoisotopic (exact) mass is 315 g/mol. The molecular formula is C13H25N5O2S. The molecule has 1 rings (SSSR count). The van der Waals surface area contributed by atoms with Crippen LogP contribution in [0.15, 0.2) is 17.3 Å². The van der Waals surface area contributed by atoms with Crippen molar-refractivity contribution in [3.8, 4) is 0 Å². The van der Waals surface area contributed by atoms with Crippen molar-refractivity contribution in [3.05, 3.63) is 12.4 Å². The third kappa shape index (κ3) is 4.62. The van der Waals surface area contributed by atoms with Gasteiger partial charge in [-0.3, -0.25) is 0 Å². The standard InChI is InChI=1S/C13H25N5O2S/c1-6-14-13-15-8-12(9-16-13)21(19,20)18(7-2)11(3)10-17(4)5/h8-9,11H,6-7,10H2,1-5H3,(H,14,15,16). The van der Waals surface area contributed by atoms with Crippen molar-refractivity contribution in [2.45, 2.75) is 31.7 Å². The first kappa shape index (κ1) is 17.8. The summed E-state index contributed by atoms with van der Waals surface area (Å²) in [6.45, 7) is 7.41. The Labute approximate surface area is 127 Å². The second kappa shape index (κ2) is 7.67. The minimum absolute atomic E-state index is 0.122. The average molecular weight is 315 g/mol. The molecule has 21 heavy (non-hydrogen) atoms. The molecule has 1 aromatic rings. The summed E-state index contributed by atoms with van der Waals surface area (Å²) in [5.74, 6) is 0.431. The molecule has 0 aromatic carbocycles. The molecule has 0 aliphatic heterocycles. The molecule has 7 nitrogen and oxygen atoms in total. The van der Waals surface area contributed by atoms with E-state index in [-0.39, 0.29) is 10.9 Å². The van der Waals surface area contributed by atoms with Crippen LogP contribution < -0.4 is 5.32 Å². The maximum Gasteiger partial charge on any atom is 0.246 e. The van der Waals surface area contributed by atoms with Crippen LogP contribution in [0.25, 0.3) is 0 Å². The minimum Gasteiger partial charge on any atom is -0.355 e. The van der Waals surface area contributed by atoms with Gasteiger partial charge in [-0.25, -0.2) is 18.4 Å². The summed E-state index contributed by atoms with van der Waals surface area (Å²) in [6.07, 6.45) is 2.71. The fraction of sp³-hybridized carbons (Fsp3) is 0.692. The summed E-state index contributed by atoms with van der Waals surface area (Å²) in [6, 6.07) is -0.122. The number of anilines is 1. The predicted octanol–water partition coefficient (Wildman–Crippen LogP) is 0.869. The molecule has 0 radical (unpaired) electrons. The van der Waals surface area contributed by atoms with Crippen molar-refractivity contribution >= 4 is 16.0 Å². The highest BCUT2D eigenvalue weighted by atomic mass is 32.2. The maximum atomic E-state index is 12.7. The van der Waals surface area contributed by atoms with Gasteiger partial charge in [0.25, 0.3) is 0 Å². The van der Waals surface area contributed by atoms with E-state index in [1.54, 1.807) is 0 Å². The number of nitrogens with zero attached hydrogens (tertiary/aromatic N) is 4. The highest BCUT2D eigenvalue weighted by molar-refractivity contribution is 7.89. The SMILES string of the molecule is CCNc1ncc(S(=O)(=O)N(CC)C(C)CN(C)C)cn1. The summed E-state index contributed by atoms with van der Waals surface area (Å²) in [5, 5.41) is 2.94. The fourth-order valence-corrected chi connectivity index (χ4v) is 3.70. The molecule has 0 saturated heterocycles. The van der Waals surface area contributed by atoms with Gasteiger partial charge in [-0.2, -0.15) is 4.31 Å². The van der Waals surface area contributed by atoms with Crippen LogP contribution in [0.2, 0.25) is 0 Å². The summed E-state index contributed by atoms with van der Waals surface area (Å²) >= 11 is 0. The first-order chi connectivity index (χ1) is 9.82.